The zero-order chi connectivity index (χ0) is 13.1. The number of amides is 1. The van der Waals surface area contributed by atoms with Gasteiger partial charge in [-0.25, -0.2) is 4.39 Å². The number of piperidine rings is 1. The Hall–Kier alpha value is -1.13. The maximum atomic E-state index is 13.1. The van der Waals surface area contributed by atoms with E-state index in [1.54, 1.807) is 6.07 Å². The van der Waals surface area contributed by atoms with Gasteiger partial charge in [0.1, 0.15) is 5.82 Å². The molecule has 1 fully saturated rings. The largest absolute Gasteiger partial charge is 0.326 e. The number of carbonyl (C=O) groups is 1. The van der Waals surface area contributed by atoms with Crippen LogP contribution in [-0.2, 0) is 4.79 Å². The summed E-state index contributed by atoms with van der Waals surface area (Å²) < 4.78 is 13.1. The number of hydrogen-bond donors (Lipinski definition) is 2. The second kappa shape index (κ2) is 5.67. The molecule has 98 valence electrons. The summed E-state index contributed by atoms with van der Waals surface area (Å²) in [7, 11) is 0. The van der Waals surface area contributed by atoms with Gasteiger partial charge < -0.3 is 10.6 Å². The first kappa shape index (κ1) is 13.3. The van der Waals surface area contributed by atoms with Crippen LogP contribution in [0.2, 0.25) is 5.02 Å². The lowest BCUT2D eigenvalue weighted by atomic mass is 9.92. The topological polar surface area (TPSA) is 41.1 Å². The van der Waals surface area contributed by atoms with Crippen molar-refractivity contribution in [3.63, 3.8) is 0 Å². The summed E-state index contributed by atoms with van der Waals surface area (Å²) in [5, 5.41) is 6.29. The fourth-order valence-electron chi connectivity index (χ4n) is 2.24. The zero-order valence-corrected chi connectivity index (χ0v) is 10.9. The second-order valence-electron chi connectivity index (χ2n) is 4.72. The molecular formula is C13H16ClFN2O. The lowest BCUT2D eigenvalue weighted by Crippen LogP contribution is -2.40. The maximum Gasteiger partial charge on any atom is 0.227 e. The van der Waals surface area contributed by atoms with E-state index in [9.17, 15) is 9.18 Å². The molecule has 2 unspecified atom stereocenters. The predicted molar refractivity (Wildman–Crippen MR) is 70.2 cm³/mol. The SMILES string of the molecule is CC1CC(C(=O)Nc2cc(F)cc(Cl)c2)CCN1. The molecule has 1 aromatic rings. The predicted octanol–water partition coefficient (Wildman–Crippen LogP) is 2.81. The van der Waals surface area contributed by atoms with Gasteiger partial charge in [0.15, 0.2) is 0 Å². The van der Waals surface area contributed by atoms with Crippen molar-refractivity contribution in [1.29, 1.82) is 0 Å². The Labute approximate surface area is 111 Å². The molecular weight excluding hydrogens is 255 g/mol. The van der Waals surface area contributed by atoms with E-state index in [1.807, 2.05) is 0 Å². The molecule has 0 bridgehead atoms. The van der Waals surface area contributed by atoms with Gasteiger partial charge in [0.25, 0.3) is 0 Å². The molecule has 2 rings (SSSR count). The number of nitrogens with one attached hydrogen (secondary N) is 2. The molecule has 18 heavy (non-hydrogen) atoms. The van der Waals surface area contributed by atoms with Crippen molar-refractivity contribution < 1.29 is 9.18 Å². The van der Waals surface area contributed by atoms with Crippen LogP contribution in [0.4, 0.5) is 10.1 Å². The minimum atomic E-state index is -0.448. The van der Waals surface area contributed by atoms with E-state index in [4.69, 9.17) is 11.6 Å². The van der Waals surface area contributed by atoms with E-state index in [2.05, 4.69) is 17.6 Å². The van der Waals surface area contributed by atoms with Gasteiger partial charge in [0, 0.05) is 22.7 Å². The fraction of sp³-hybridized carbons (Fsp3) is 0.462. The minimum absolute atomic E-state index is 0.0247. The Morgan fingerprint density at radius 3 is 2.94 bits per heavy atom. The summed E-state index contributed by atoms with van der Waals surface area (Å²) in [6, 6.07) is 4.37. The van der Waals surface area contributed by atoms with Crippen LogP contribution in [0.5, 0.6) is 0 Å². The van der Waals surface area contributed by atoms with E-state index in [0.29, 0.717) is 11.7 Å². The Morgan fingerprint density at radius 1 is 1.50 bits per heavy atom. The number of anilines is 1. The molecule has 1 saturated heterocycles. The van der Waals surface area contributed by atoms with Crippen molar-refractivity contribution >= 4 is 23.2 Å². The van der Waals surface area contributed by atoms with Crippen molar-refractivity contribution in [2.45, 2.75) is 25.8 Å². The maximum absolute atomic E-state index is 13.1. The summed E-state index contributed by atoms with van der Waals surface area (Å²) in [4.78, 5) is 12.0. The van der Waals surface area contributed by atoms with Crippen LogP contribution in [0.1, 0.15) is 19.8 Å². The highest BCUT2D eigenvalue weighted by atomic mass is 35.5. The molecule has 0 aromatic heterocycles. The third kappa shape index (κ3) is 3.43. The Bertz CT molecular complexity index is 432. The highest BCUT2D eigenvalue weighted by Gasteiger charge is 2.24. The van der Waals surface area contributed by atoms with Crippen molar-refractivity contribution in [3.05, 3.63) is 29.0 Å². The molecule has 0 radical (unpaired) electrons. The van der Waals surface area contributed by atoms with Crippen LogP contribution in [0.25, 0.3) is 0 Å². The van der Waals surface area contributed by atoms with Crippen molar-refractivity contribution in [2.75, 3.05) is 11.9 Å². The third-order valence-corrected chi connectivity index (χ3v) is 3.34. The molecule has 1 aliphatic rings. The summed E-state index contributed by atoms with van der Waals surface area (Å²) >= 11 is 5.74. The van der Waals surface area contributed by atoms with Gasteiger partial charge in [0.05, 0.1) is 0 Å². The lowest BCUT2D eigenvalue weighted by Gasteiger charge is -2.27. The van der Waals surface area contributed by atoms with E-state index in [0.717, 1.165) is 19.4 Å². The zero-order valence-electron chi connectivity index (χ0n) is 10.2. The number of rotatable bonds is 2. The van der Waals surface area contributed by atoms with E-state index >= 15 is 0 Å². The highest BCUT2D eigenvalue weighted by Crippen LogP contribution is 2.21. The van der Waals surface area contributed by atoms with E-state index in [-0.39, 0.29) is 16.8 Å². The standard InChI is InChI=1S/C13H16ClFN2O/c1-8-4-9(2-3-16-8)13(18)17-12-6-10(14)5-11(15)7-12/h5-9,16H,2-4H2,1H3,(H,17,18). The molecule has 1 aromatic carbocycles. The summed E-state index contributed by atoms with van der Waals surface area (Å²) in [5.41, 5.74) is 0.413. The molecule has 2 N–H and O–H groups in total. The summed E-state index contributed by atoms with van der Waals surface area (Å²) in [6.45, 7) is 2.89. The molecule has 0 spiro atoms. The van der Waals surface area contributed by atoms with Crippen LogP contribution >= 0.6 is 11.6 Å². The quantitative estimate of drug-likeness (QED) is 0.868. The smallest absolute Gasteiger partial charge is 0.227 e. The highest BCUT2D eigenvalue weighted by molar-refractivity contribution is 6.30. The van der Waals surface area contributed by atoms with Gasteiger partial charge in [-0.3, -0.25) is 4.79 Å². The average Bonchev–Trinajstić information content (AvgIpc) is 2.27. The molecule has 3 nitrogen and oxygen atoms in total. The normalized spacial score (nSPS) is 23.7. The minimum Gasteiger partial charge on any atom is -0.326 e. The Balaban J connectivity index is 2.02. The third-order valence-electron chi connectivity index (χ3n) is 3.12. The van der Waals surface area contributed by atoms with E-state index in [1.165, 1.54) is 12.1 Å². The molecule has 1 amide bonds. The van der Waals surface area contributed by atoms with Gasteiger partial charge in [-0.05, 0) is 44.5 Å². The number of carbonyl (C=O) groups excluding carboxylic acids is 1. The van der Waals surface area contributed by atoms with Gasteiger partial charge in [-0.15, -0.1) is 0 Å². The second-order valence-corrected chi connectivity index (χ2v) is 5.16. The average molecular weight is 271 g/mol. The molecule has 5 heteroatoms. The van der Waals surface area contributed by atoms with Crippen LogP contribution in [0, 0.1) is 11.7 Å². The van der Waals surface area contributed by atoms with Crippen LogP contribution in [0.15, 0.2) is 18.2 Å². The molecule has 1 aliphatic heterocycles. The first-order chi connectivity index (χ1) is 8.54. The first-order valence-electron chi connectivity index (χ1n) is 6.05. The van der Waals surface area contributed by atoms with E-state index < -0.39 is 5.82 Å². The van der Waals surface area contributed by atoms with Gasteiger partial charge in [0.2, 0.25) is 5.91 Å². The van der Waals surface area contributed by atoms with Crippen LogP contribution in [-0.4, -0.2) is 18.5 Å². The number of benzene rings is 1. The molecule has 0 saturated carbocycles. The van der Waals surface area contributed by atoms with Gasteiger partial charge >= 0.3 is 0 Å². The number of halogens is 2. The summed E-state index contributed by atoms with van der Waals surface area (Å²) in [5.74, 6) is -0.537. The van der Waals surface area contributed by atoms with Crippen molar-refractivity contribution in [2.24, 2.45) is 5.92 Å². The first-order valence-corrected chi connectivity index (χ1v) is 6.43. The molecule has 2 atom stereocenters. The van der Waals surface area contributed by atoms with Gasteiger partial charge in [-0.2, -0.15) is 0 Å². The van der Waals surface area contributed by atoms with Crippen molar-refractivity contribution in [1.82, 2.24) is 5.32 Å². The molecule has 0 aliphatic carbocycles. The Morgan fingerprint density at radius 2 is 2.28 bits per heavy atom. The Kier molecular flexibility index (Phi) is 4.19. The van der Waals surface area contributed by atoms with Crippen LogP contribution in [0.3, 0.4) is 0 Å². The monoisotopic (exact) mass is 270 g/mol. The van der Waals surface area contributed by atoms with Crippen LogP contribution < -0.4 is 10.6 Å². The number of hydrogen-bond acceptors (Lipinski definition) is 2. The lowest BCUT2D eigenvalue weighted by molar-refractivity contribution is -0.120. The fourth-order valence-corrected chi connectivity index (χ4v) is 2.46. The molecule has 1 heterocycles. The van der Waals surface area contributed by atoms with Crippen molar-refractivity contribution in [3.8, 4) is 0 Å². The van der Waals surface area contributed by atoms with Gasteiger partial charge in [-0.1, -0.05) is 11.6 Å². The summed E-state index contributed by atoms with van der Waals surface area (Å²) in [6.07, 6.45) is 1.61.